The van der Waals surface area contributed by atoms with Gasteiger partial charge >= 0.3 is 0 Å². The Morgan fingerprint density at radius 3 is 2.48 bits per heavy atom. The van der Waals surface area contributed by atoms with Crippen molar-refractivity contribution >= 4 is 29.2 Å². The largest absolute Gasteiger partial charge is 0.394 e. The van der Waals surface area contributed by atoms with Gasteiger partial charge in [0.05, 0.1) is 17.7 Å². The average Bonchev–Trinajstić information content (AvgIpc) is 2.53. The number of rotatable bonds is 8. The lowest BCUT2D eigenvalue weighted by Crippen LogP contribution is -2.27. The first-order valence-corrected chi connectivity index (χ1v) is 9.02. The van der Waals surface area contributed by atoms with Gasteiger partial charge in [-0.2, -0.15) is 9.97 Å². The number of aliphatic hydroxyl groups excluding tert-OH is 1. The fourth-order valence-corrected chi connectivity index (χ4v) is 2.82. The minimum absolute atomic E-state index is 0.00190. The van der Waals surface area contributed by atoms with Crippen LogP contribution in [-0.2, 0) is 6.42 Å². The maximum atomic E-state index is 9.51. The van der Waals surface area contributed by atoms with E-state index < -0.39 is 0 Å². The molecule has 2 atom stereocenters. The Kier molecular flexibility index (Phi) is 7.35. The van der Waals surface area contributed by atoms with Crippen LogP contribution in [0.1, 0.15) is 44.6 Å². The molecule has 2 N–H and O–H groups in total. The summed E-state index contributed by atoms with van der Waals surface area (Å²) >= 11 is 11.9. The van der Waals surface area contributed by atoms with E-state index in [1.165, 1.54) is 0 Å². The van der Waals surface area contributed by atoms with Crippen LogP contribution in [0.4, 0.5) is 5.95 Å². The second-order valence-electron chi connectivity index (χ2n) is 6.50. The van der Waals surface area contributed by atoms with E-state index in [0.29, 0.717) is 29.1 Å². The number of pyridine rings is 1. The van der Waals surface area contributed by atoms with Gasteiger partial charge in [0.2, 0.25) is 11.2 Å². The molecule has 0 spiro atoms. The molecule has 0 saturated carbocycles. The Balaban J connectivity index is 2.11. The van der Waals surface area contributed by atoms with Crippen molar-refractivity contribution in [3.05, 3.63) is 40.2 Å². The van der Waals surface area contributed by atoms with E-state index in [-0.39, 0.29) is 23.9 Å². The lowest BCUT2D eigenvalue weighted by atomic mass is 10.0. The van der Waals surface area contributed by atoms with Crippen LogP contribution in [-0.4, -0.2) is 37.7 Å². The number of nitrogens with one attached hydrogen (secondary N) is 1. The van der Waals surface area contributed by atoms with Crippen LogP contribution in [0.2, 0.25) is 10.3 Å². The monoisotopic (exact) mass is 383 g/mol. The summed E-state index contributed by atoms with van der Waals surface area (Å²) < 4.78 is 0. The first-order valence-electron chi connectivity index (χ1n) is 8.26. The minimum Gasteiger partial charge on any atom is -0.394 e. The maximum absolute atomic E-state index is 9.51. The first kappa shape index (κ1) is 19.8. The highest BCUT2D eigenvalue weighted by Gasteiger charge is 2.15. The van der Waals surface area contributed by atoms with Gasteiger partial charge in [0, 0.05) is 24.2 Å². The molecule has 2 heterocycles. The summed E-state index contributed by atoms with van der Waals surface area (Å²) in [6, 6.07) is 3.58. The third-order valence-corrected chi connectivity index (χ3v) is 4.10. The Labute approximate surface area is 158 Å². The van der Waals surface area contributed by atoms with Crippen LogP contribution >= 0.6 is 23.2 Å². The second kappa shape index (κ2) is 9.27. The number of halogens is 2. The average molecular weight is 384 g/mol. The molecule has 0 aromatic carbocycles. The topological polar surface area (TPSA) is 83.8 Å². The van der Waals surface area contributed by atoms with E-state index in [9.17, 15) is 5.11 Å². The van der Waals surface area contributed by atoms with Crippen molar-refractivity contribution in [3.63, 3.8) is 0 Å². The number of hydrogen-bond acceptors (Lipinski definition) is 6. The Morgan fingerprint density at radius 1 is 1.12 bits per heavy atom. The molecule has 2 aromatic rings. The number of aliphatic hydroxyl groups is 1. The summed E-state index contributed by atoms with van der Waals surface area (Å²) in [6.45, 7) is 6.23. The van der Waals surface area contributed by atoms with Gasteiger partial charge in [-0.15, -0.1) is 0 Å². The van der Waals surface area contributed by atoms with Crippen molar-refractivity contribution in [1.29, 1.82) is 0 Å². The number of hydrogen-bond donors (Lipinski definition) is 2. The van der Waals surface area contributed by atoms with Gasteiger partial charge in [-0.25, -0.2) is 4.98 Å². The summed E-state index contributed by atoms with van der Waals surface area (Å²) in [5.41, 5.74) is 0.906. The molecule has 2 rings (SSSR count). The van der Waals surface area contributed by atoms with Gasteiger partial charge in [-0.05, 0) is 36.1 Å². The van der Waals surface area contributed by atoms with Gasteiger partial charge in [0.15, 0.2) is 0 Å². The molecule has 0 aliphatic carbocycles. The van der Waals surface area contributed by atoms with E-state index in [2.05, 4.69) is 39.1 Å². The third-order valence-electron chi connectivity index (χ3n) is 3.71. The van der Waals surface area contributed by atoms with Crippen LogP contribution in [0.3, 0.4) is 0 Å². The lowest BCUT2D eigenvalue weighted by Gasteiger charge is -2.18. The van der Waals surface area contributed by atoms with Crippen molar-refractivity contribution in [1.82, 2.24) is 19.9 Å². The van der Waals surface area contributed by atoms with E-state index in [1.54, 1.807) is 6.20 Å². The van der Waals surface area contributed by atoms with E-state index in [0.717, 1.165) is 12.1 Å². The molecule has 0 amide bonds. The fourth-order valence-electron chi connectivity index (χ4n) is 2.53. The Hall–Kier alpha value is -1.50. The number of aromatic nitrogens is 4. The zero-order chi connectivity index (χ0) is 18.4. The first-order chi connectivity index (χ1) is 11.9. The van der Waals surface area contributed by atoms with Gasteiger partial charge in [0.25, 0.3) is 0 Å². The lowest BCUT2D eigenvalue weighted by molar-refractivity contribution is 0.259. The highest BCUT2D eigenvalue weighted by molar-refractivity contribution is 6.30. The van der Waals surface area contributed by atoms with Crippen LogP contribution in [0.25, 0.3) is 0 Å². The summed E-state index contributed by atoms with van der Waals surface area (Å²) in [5, 5.41) is 13.4. The third kappa shape index (κ3) is 6.38. The zero-order valence-corrected chi connectivity index (χ0v) is 16.1. The predicted molar refractivity (Wildman–Crippen MR) is 100 cm³/mol. The zero-order valence-electron chi connectivity index (χ0n) is 14.6. The molecule has 1 unspecified atom stereocenters. The number of nitrogens with zero attached hydrogens (tertiary/aromatic N) is 4. The summed E-state index contributed by atoms with van der Waals surface area (Å²) in [5.74, 6) is 1.50. The molecule has 8 heteroatoms. The highest BCUT2D eigenvalue weighted by Crippen LogP contribution is 2.20. The highest BCUT2D eigenvalue weighted by atomic mass is 35.5. The van der Waals surface area contributed by atoms with Crippen molar-refractivity contribution in [2.75, 3.05) is 11.9 Å². The molecular formula is C17H23Cl2N5O. The molecule has 0 aliphatic heterocycles. The van der Waals surface area contributed by atoms with Crippen LogP contribution in [0.5, 0.6) is 0 Å². The Bertz CT molecular complexity index is 681. The van der Waals surface area contributed by atoms with Crippen LogP contribution in [0.15, 0.2) is 18.3 Å². The molecule has 0 saturated heterocycles. The van der Waals surface area contributed by atoms with Crippen molar-refractivity contribution in [2.24, 2.45) is 5.92 Å². The van der Waals surface area contributed by atoms with Gasteiger partial charge in [-0.3, -0.25) is 4.98 Å². The molecule has 25 heavy (non-hydrogen) atoms. The van der Waals surface area contributed by atoms with Crippen molar-refractivity contribution in [3.8, 4) is 0 Å². The summed E-state index contributed by atoms with van der Waals surface area (Å²) in [6.07, 6.45) is 3.00. The number of anilines is 1. The van der Waals surface area contributed by atoms with Gasteiger partial charge < -0.3 is 10.4 Å². The molecule has 136 valence electrons. The summed E-state index contributed by atoms with van der Waals surface area (Å²) in [7, 11) is 0. The molecule has 2 aromatic heterocycles. The van der Waals surface area contributed by atoms with Crippen molar-refractivity contribution in [2.45, 2.75) is 45.6 Å². The Morgan fingerprint density at radius 2 is 1.88 bits per heavy atom. The second-order valence-corrected chi connectivity index (χ2v) is 7.28. The molecule has 6 nitrogen and oxygen atoms in total. The minimum atomic E-state index is -0.123. The predicted octanol–water partition coefficient (Wildman–Crippen LogP) is 3.74. The quantitative estimate of drug-likeness (QED) is 0.722. The fraction of sp³-hybridized carbons (Fsp3) is 0.529. The SMILES string of the molecule is CC(C)C[C@H](CO)Nc1nc(Cl)nc(CC(C)c2ccc(Cl)cn2)n1. The molecule has 0 fully saturated rings. The van der Waals surface area contributed by atoms with E-state index >= 15 is 0 Å². The normalized spacial score (nSPS) is 13.7. The van der Waals surface area contributed by atoms with Gasteiger partial charge in [0.1, 0.15) is 5.82 Å². The molecule has 0 bridgehead atoms. The molecule has 0 radical (unpaired) electrons. The van der Waals surface area contributed by atoms with E-state index in [4.69, 9.17) is 23.2 Å². The molecular weight excluding hydrogens is 361 g/mol. The molecule has 0 aliphatic rings. The van der Waals surface area contributed by atoms with Gasteiger partial charge in [-0.1, -0.05) is 32.4 Å². The van der Waals surface area contributed by atoms with E-state index in [1.807, 2.05) is 19.1 Å². The van der Waals surface area contributed by atoms with Crippen molar-refractivity contribution < 1.29 is 5.11 Å². The van der Waals surface area contributed by atoms with Crippen LogP contribution in [0, 0.1) is 5.92 Å². The summed E-state index contributed by atoms with van der Waals surface area (Å²) in [4.78, 5) is 17.1. The smallest absolute Gasteiger partial charge is 0.227 e. The maximum Gasteiger partial charge on any atom is 0.227 e. The van der Waals surface area contributed by atoms with Crippen LogP contribution < -0.4 is 5.32 Å². The standard InChI is InChI=1S/C17H23Cl2N5O/c1-10(2)6-13(9-25)21-17-23-15(22-16(19)24-17)7-11(3)14-5-4-12(18)8-20-14/h4-5,8,10-11,13,25H,6-7,9H2,1-3H3,(H,21,22,23,24)/t11?,13-/m1/s1.